The molecule has 0 amide bonds. The van der Waals surface area contributed by atoms with Crippen LogP contribution in [0.25, 0.3) is 0 Å². The van der Waals surface area contributed by atoms with E-state index in [9.17, 15) is 4.79 Å². The molecule has 70 valence electrons. The number of ketones is 1. The van der Waals surface area contributed by atoms with Gasteiger partial charge in [-0.15, -0.1) is 0 Å². The van der Waals surface area contributed by atoms with Crippen LogP contribution in [-0.4, -0.2) is 5.78 Å². The highest BCUT2D eigenvalue weighted by molar-refractivity contribution is 5.94. The second-order valence-electron chi connectivity index (χ2n) is 3.52. The van der Waals surface area contributed by atoms with Gasteiger partial charge in [0.2, 0.25) is 0 Å². The first-order chi connectivity index (χ1) is 5.46. The first-order valence-corrected chi connectivity index (χ1v) is 4.44. The number of allylic oxidation sites excluding steroid dienone is 2. The number of carbonyl (C=O) groups is 1. The van der Waals surface area contributed by atoms with Crippen molar-refractivity contribution in [3.05, 3.63) is 11.8 Å². The van der Waals surface area contributed by atoms with Crippen molar-refractivity contribution < 1.29 is 4.79 Å². The Morgan fingerprint density at radius 3 is 2.08 bits per heavy atom. The van der Waals surface area contributed by atoms with Gasteiger partial charge < -0.3 is 5.73 Å². The Balaban J connectivity index is 4.54. The fraction of sp³-hybridized carbons (Fsp3) is 0.700. The first kappa shape index (κ1) is 11.2. The van der Waals surface area contributed by atoms with Gasteiger partial charge in [-0.25, -0.2) is 0 Å². The van der Waals surface area contributed by atoms with Crippen LogP contribution < -0.4 is 5.73 Å². The number of hydrogen-bond donors (Lipinski definition) is 1. The van der Waals surface area contributed by atoms with E-state index in [-0.39, 0.29) is 11.2 Å². The van der Waals surface area contributed by atoms with Gasteiger partial charge in [0, 0.05) is 17.2 Å². The van der Waals surface area contributed by atoms with Crippen molar-refractivity contribution in [3.63, 3.8) is 0 Å². The Morgan fingerprint density at radius 2 is 1.83 bits per heavy atom. The minimum atomic E-state index is -0.222. The number of carbonyl (C=O) groups excluding carboxylic acids is 1. The van der Waals surface area contributed by atoms with E-state index in [0.29, 0.717) is 5.70 Å². The summed E-state index contributed by atoms with van der Waals surface area (Å²) in [6.45, 7) is 7.78. The molecule has 0 aromatic rings. The van der Waals surface area contributed by atoms with E-state index in [1.54, 1.807) is 6.92 Å². The molecule has 0 aliphatic heterocycles. The molecule has 0 saturated heterocycles. The molecule has 0 atom stereocenters. The van der Waals surface area contributed by atoms with Crippen molar-refractivity contribution in [2.75, 3.05) is 0 Å². The van der Waals surface area contributed by atoms with Crippen LogP contribution in [0.2, 0.25) is 0 Å². The summed E-state index contributed by atoms with van der Waals surface area (Å²) in [5.74, 6) is 0.146. The van der Waals surface area contributed by atoms with Crippen LogP contribution in [-0.2, 0) is 4.79 Å². The lowest BCUT2D eigenvalue weighted by Crippen LogP contribution is -2.25. The highest BCUT2D eigenvalue weighted by Gasteiger charge is 2.26. The Kier molecular flexibility index (Phi) is 4.01. The minimum absolute atomic E-state index is 0.146. The van der Waals surface area contributed by atoms with Crippen LogP contribution in [0, 0.1) is 5.41 Å². The summed E-state index contributed by atoms with van der Waals surface area (Å²) >= 11 is 0. The molecule has 0 aliphatic rings. The van der Waals surface area contributed by atoms with E-state index in [0.717, 1.165) is 12.8 Å². The fourth-order valence-corrected chi connectivity index (χ4v) is 0.979. The molecular weight excluding hydrogens is 150 g/mol. The maximum absolute atomic E-state index is 11.6. The van der Waals surface area contributed by atoms with Crippen LogP contribution in [0.15, 0.2) is 11.8 Å². The highest BCUT2D eigenvalue weighted by Crippen LogP contribution is 2.27. The second-order valence-corrected chi connectivity index (χ2v) is 3.52. The lowest BCUT2D eigenvalue weighted by atomic mass is 9.80. The zero-order valence-corrected chi connectivity index (χ0v) is 8.48. The average Bonchev–Trinajstić information content (AvgIpc) is 2.02. The molecule has 0 aliphatic carbocycles. The Morgan fingerprint density at radius 1 is 1.42 bits per heavy atom. The van der Waals surface area contributed by atoms with Gasteiger partial charge in [-0.3, -0.25) is 4.79 Å². The minimum Gasteiger partial charge on any atom is -0.402 e. The SMILES string of the molecule is CCC(C)(CC)C(=O)C=C(C)N. The smallest absolute Gasteiger partial charge is 0.163 e. The highest BCUT2D eigenvalue weighted by atomic mass is 16.1. The van der Waals surface area contributed by atoms with Crippen molar-refractivity contribution in [2.45, 2.75) is 40.5 Å². The van der Waals surface area contributed by atoms with Gasteiger partial charge in [0.05, 0.1) is 0 Å². The summed E-state index contributed by atoms with van der Waals surface area (Å²) in [5.41, 5.74) is 5.81. The van der Waals surface area contributed by atoms with Crippen LogP contribution in [0.1, 0.15) is 40.5 Å². The monoisotopic (exact) mass is 169 g/mol. The van der Waals surface area contributed by atoms with Crippen LogP contribution in [0.4, 0.5) is 0 Å². The second kappa shape index (κ2) is 4.29. The third-order valence-corrected chi connectivity index (χ3v) is 2.51. The standard InChI is InChI=1S/C10H19NO/c1-5-10(4,6-2)9(12)7-8(3)11/h7H,5-6,11H2,1-4H3. The summed E-state index contributed by atoms with van der Waals surface area (Å²) in [6, 6.07) is 0. The van der Waals surface area contributed by atoms with Gasteiger partial charge >= 0.3 is 0 Å². The van der Waals surface area contributed by atoms with E-state index in [2.05, 4.69) is 0 Å². The number of hydrogen-bond acceptors (Lipinski definition) is 2. The van der Waals surface area contributed by atoms with Crippen molar-refractivity contribution >= 4 is 5.78 Å². The molecule has 2 heteroatoms. The maximum atomic E-state index is 11.6. The molecule has 0 aromatic carbocycles. The van der Waals surface area contributed by atoms with Crippen molar-refractivity contribution in [2.24, 2.45) is 11.1 Å². The molecular formula is C10H19NO. The van der Waals surface area contributed by atoms with Crippen LogP contribution in [0.3, 0.4) is 0 Å². The quantitative estimate of drug-likeness (QED) is 0.656. The van der Waals surface area contributed by atoms with Gasteiger partial charge in [-0.05, 0) is 19.8 Å². The van der Waals surface area contributed by atoms with Crippen molar-refractivity contribution in [1.29, 1.82) is 0 Å². The third-order valence-electron chi connectivity index (χ3n) is 2.51. The summed E-state index contributed by atoms with van der Waals surface area (Å²) in [6.07, 6.45) is 3.27. The van der Waals surface area contributed by atoms with Crippen molar-refractivity contribution in [1.82, 2.24) is 0 Å². The molecule has 0 rings (SSSR count). The number of nitrogens with two attached hydrogens (primary N) is 1. The van der Waals surface area contributed by atoms with Gasteiger partial charge in [-0.1, -0.05) is 20.8 Å². The Bertz CT molecular complexity index is 186. The largest absolute Gasteiger partial charge is 0.402 e. The topological polar surface area (TPSA) is 43.1 Å². The molecule has 0 aromatic heterocycles. The van der Waals surface area contributed by atoms with Crippen LogP contribution >= 0.6 is 0 Å². The predicted molar refractivity (Wildman–Crippen MR) is 51.6 cm³/mol. The molecule has 0 unspecified atom stereocenters. The van der Waals surface area contributed by atoms with E-state index < -0.39 is 0 Å². The predicted octanol–water partition coefficient (Wildman–Crippen LogP) is 2.24. The molecule has 2 N–H and O–H groups in total. The van der Waals surface area contributed by atoms with E-state index in [1.165, 1.54) is 6.08 Å². The van der Waals surface area contributed by atoms with E-state index in [1.807, 2.05) is 20.8 Å². The molecule has 0 radical (unpaired) electrons. The molecule has 2 nitrogen and oxygen atoms in total. The Hall–Kier alpha value is -0.790. The molecule has 0 fully saturated rings. The molecule has 0 bridgehead atoms. The molecule has 12 heavy (non-hydrogen) atoms. The first-order valence-electron chi connectivity index (χ1n) is 4.44. The number of rotatable bonds is 4. The zero-order valence-electron chi connectivity index (χ0n) is 8.48. The van der Waals surface area contributed by atoms with Gasteiger partial charge in [0.15, 0.2) is 5.78 Å². The summed E-state index contributed by atoms with van der Waals surface area (Å²) in [7, 11) is 0. The zero-order chi connectivity index (χ0) is 9.78. The van der Waals surface area contributed by atoms with Gasteiger partial charge in [0.25, 0.3) is 0 Å². The van der Waals surface area contributed by atoms with Crippen LogP contribution in [0.5, 0.6) is 0 Å². The Labute approximate surface area is 74.8 Å². The third kappa shape index (κ3) is 2.68. The van der Waals surface area contributed by atoms with Gasteiger partial charge in [-0.2, -0.15) is 0 Å². The normalized spacial score (nSPS) is 13.2. The van der Waals surface area contributed by atoms with E-state index in [4.69, 9.17) is 5.73 Å². The molecule has 0 heterocycles. The lowest BCUT2D eigenvalue weighted by Gasteiger charge is -2.22. The average molecular weight is 169 g/mol. The summed E-state index contributed by atoms with van der Waals surface area (Å²) in [5, 5.41) is 0. The lowest BCUT2D eigenvalue weighted by molar-refractivity contribution is -0.123. The van der Waals surface area contributed by atoms with E-state index >= 15 is 0 Å². The molecule has 0 spiro atoms. The molecule has 0 saturated carbocycles. The fourth-order valence-electron chi connectivity index (χ4n) is 0.979. The van der Waals surface area contributed by atoms with Crippen molar-refractivity contribution in [3.8, 4) is 0 Å². The van der Waals surface area contributed by atoms with Gasteiger partial charge in [0.1, 0.15) is 0 Å². The summed E-state index contributed by atoms with van der Waals surface area (Å²) < 4.78 is 0. The maximum Gasteiger partial charge on any atom is 0.163 e. The summed E-state index contributed by atoms with van der Waals surface area (Å²) in [4.78, 5) is 11.6.